The molecule has 0 spiro atoms. The predicted octanol–water partition coefficient (Wildman–Crippen LogP) is 0.887. The maximum Gasteiger partial charge on any atom is 0.410 e. The lowest BCUT2D eigenvalue weighted by atomic mass is 9.90. The molecule has 3 heterocycles. The summed E-state index contributed by atoms with van der Waals surface area (Å²) < 4.78 is 5.34. The molecule has 0 saturated carbocycles. The summed E-state index contributed by atoms with van der Waals surface area (Å²) in [5.74, 6) is 0.683. The van der Waals surface area contributed by atoms with Crippen molar-refractivity contribution in [3.8, 4) is 0 Å². The van der Waals surface area contributed by atoms with Crippen molar-refractivity contribution in [1.82, 2.24) is 19.8 Å². The molecule has 2 aliphatic heterocycles. The van der Waals surface area contributed by atoms with Crippen molar-refractivity contribution in [1.29, 1.82) is 0 Å². The summed E-state index contributed by atoms with van der Waals surface area (Å²) in [6.07, 6.45) is 3.84. The van der Waals surface area contributed by atoms with Crippen molar-refractivity contribution < 1.29 is 19.4 Å². The van der Waals surface area contributed by atoms with Crippen LogP contribution in [-0.4, -0.2) is 87.3 Å². The van der Waals surface area contributed by atoms with E-state index in [0.717, 1.165) is 5.82 Å². The van der Waals surface area contributed by atoms with E-state index in [1.165, 1.54) is 11.2 Å². The van der Waals surface area contributed by atoms with E-state index in [1.807, 2.05) is 6.07 Å². The molecule has 1 aromatic rings. The second-order valence-electron chi connectivity index (χ2n) is 8.50. The van der Waals surface area contributed by atoms with Gasteiger partial charge in [-0.15, -0.1) is 0 Å². The van der Waals surface area contributed by atoms with Gasteiger partial charge in [0.15, 0.2) is 0 Å². The van der Waals surface area contributed by atoms with Crippen molar-refractivity contribution in [3.05, 3.63) is 18.6 Å². The lowest BCUT2D eigenvalue weighted by Crippen LogP contribution is -2.58. The summed E-state index contributed by atoms with van der Waals surface area (Å²) in [6, 6.07) is 1.85. The van der Waals surface area contributed by atoms with Gasteiger partial charge in [-0.1, -0.05) is 0 Å². The van der Waals surface area contributed by atoms with Gasteiger partial charge in [0.25, 0.3) is 0 Å². The van der Waals surface area contributed by atoms with Crippen LogP contribution in [-0.2, 0) is 9.53 Å². The molecular formula is C19H29N5O4. The molecule has 154 valence electrons. The van der Waals surface area contributed by atoms with Crippen LogP contribution in [0.4, 0.5) is 10.6 Å². The molecule has 3 rings (SSSR count). The number of hydrogen-bond donors (Lipinski definition) is 1. The van der Waals surface area contributed by atoms with E-state index in [0.29, 0.717) is 39.0 Å². The van der Waals surface area contributed by atoms with Crippen LogP contribution in [0.5, 0.6) is 0 Å². The molecule has 2 amide bonds. The van der Waals surface area contributed by atoms with Crippen LogP contribution in [0.25, 0.3) is 0 Å². The molecule has 0 unspecified atom stereocenters. The topological polar surface area (TPSA) is 99.1 Å². The fourth-order valence-electron chi connectivity index (χ4n) is 3.49. The Morgan fingerprint density at radius 1 is 1.25 bits per heavy atom. The summed E-state index contributed by atoms with van der Waals surface area (Å²) in [5, 5.41) is 11.0. The monoisotopic (exact) mass is 391 g/mol. The average molecular weight is 391 g/mol. The number of piperazine rings is 1. The minimum Gasteiger partial charge on any atom is -0.444 e. The van der Waals surface area contributed by atoms with Crippen molar-refractivity contribution in [3.63, 3.8) is 0 Å². The standard InChI is InChI=1S/C19H29N5O4/c1-18(2,3)28-17(26)23-10-11-24(16(25)12-23)13-19(27)5-8-22(9-6-19)15-4-7-20-14-21-15/h4,7,14,27H,5-6,8-13H2,1-3H3. The first kappa shape index (κ1) is 20.3. The number of aliphatic hydroxyl groups is 1. The minimum absolute atomic E-state index is 0.0158. The first-order valence-electron chi connectivity index (χ1n) is 9.64. The largest absolute Gasteiger partial charge is 0.444 e. The quantitative estimate of drug-likeness (QED) is 0.817. The van der Waals surface area contributed by atoms with Crippen LogP contribution in [0.1, 0.15) is 33.6 Å². The highest BCUT2D eigenvalue weighted by Gasteiger charge is 2.38. The maximum atomic E-state index is 12.5. The lowest BCUT2D eigenvalue weighted by Gasteiger charge is -2.43. The van der Waals surface area contributed by atoms with E-state index >= 15 is 0 Å². The molecule has 0 radical (unpaired) electrons. The van der Waals surface area contributed by atoms with E-state index in [4.69, 9.17) is 4.74 Å². The van der Waals surface area contributed by atoms with Crippen molar-refractivity contribution >= 4 is 17.8 Å². The Labute approximate surface area is 165 Å². The fourth-order valence-corrected chi connectivity index (χ4v) is 3.49. The van der Waals surface area contributed by atoms with Gasteiger partial charge in [-0.25, -0.2) is 14.8 Å². The fraction of sp³-hybridized carbons (Fsp3) is 0.684. The van der Waals surface area contributed by atoms with Crippen LogP contribution in [0.15, 0.2) is 18.6 Å². The molecular weight excluding hydrogens is 362 g/mol. The third-order valence-corrected chi connectivity index (χ3v) is 5.04. The molecule has 2 saturated heterocycles. The number of piperidine rings is 1. The van der Waals surface area contributed by atoms with E-state index < -0.39 is 17.3 Å². The molecule has 9 heteroatoms. The Balaban J connectivity index is 1.51. The number of amides is 2. The summed E-state index contributed by atoms with van der Waals surface area (Å²) in [7, 11) is 0. The Kier molecular flexibility index (Phi) is 5.74. The van der Waals surface area contributed by atoms with Crippen molar-refractivity contribution in [2.24, 2.45) is 0 Å². The zero-order valence-electron chi connectivity index (χ0n) is 16.8. The van der Waals surface area contributed by atoms with Crippen LogP contribution >= 0.6 is 0 Å². The zero-order chi connectivity index (χ0) is 20.4. The first-order valence-corrected chi connectivity index (χ1v) is 9.64. The number of ether oxygens (including phenoxy) is 1. The average Bonchev–Trinajstić information content (AvgIpc) is 2.63. The van der Waals surface area contributed by atoms with Gasteiger partial charge in [-0.05, 0) is 39.7 Å². The van der Waals surface area contributed by atoms with Gasteiger partial charge in [-0.3, -0.25) is 9.69 Å². The summed E-state index contributed by atoms with van der Waals surface area (Å²) >= 11 is 0. The van der Waals surface area contributed by atoms with Crippen LogP contribution < -0.4 is 4.90 Å². The SMILES string of the molecule is CC(C)(C)OC(=O)N1CCN(CC2(O)CCN(c3ccncn3)CC2)C(=O)C1. The Morgan fingerprint density at radius 2 is 1.96 bits per heavy atom. The van der Waals surface area contributed by atoms with Gasteiger partial charge in [0.05, 0.1) is 5.60 Å². The molecule has 0 atom stereocenters. The molecule has 9 nitrogen and oxygen atoms in total. The normalized spacial score (nSPS) is 20.3. The minimum atomic E-state index is -0.923. The number of rotatable bonds is 3. The molecule has 2 fully saturated rings. The predicted molar refractivity (Wildman–Crippen MR) is 103 cm³/mol. The van der Waals surface area contributed by atoms with Crippen LogP contribution in [0.2, 0.25) is 0 Å². The first-order chi connectivity index (χ1) is 13.2. The number of hydrogen-bond acceptors (Lipinski definition) is 7. The van der Waals surface area contributed by atoms with E-state index in [1.54, 1.807) is 31.9 Å². The third kappa shape index (κ3) is 5.09. The number of aromatic nitrogens is 2. The van der Waals surface area contributed by atoms with E-state index in [9.17, 15) is 14.7 Å². The molecule has 1 aromatic heterocycles. The zero-order valence-corrected chi connectivity index (χ0v) is 16.8. The van der Waals surface area contributed by atoms with Gasteiger partial charge in [0.2, 0.25) is 5.91 Å². The van der Waals surface area contributed by atoms with Crippen LogP contribution in [0, 0.1) is 0 Å². The summed E-state index contributed by atoms with van der Waals surface area (Å²) in [6.45, 7) is 7.80. The molecule has 2 aliphatic rings. The van der Waals surface area contributed by atoms with E-state index in [2.05, 4.69) is 14.9 Å². The van der Waals surface area contributed by atoms with E-state index in [-0.39, 0.29) is 19.0 Å². The molecule has 28 heavy (non-hydrogen) atoms. The highest BCUT2D eigenvalue weighted by molar-refractivity contribution is 5.83. The molecule has 1 N–H and O–H groups in total. The lowest BCUT2D eigenvalue weighted by molar-refractivity contribution is -0.140. The Bertz CT molecular complexity index is 698. The highest BCUT2D eigenvalue weighted by Crippen LogP contribution is 2.26. The van der Waals surface area contributed by atoms with Gasteiger partial charge >= 0.3 is 6.09 Å². The number of β-amino-alcohol motifs (C(OH)–C–C–N with tert-alkyl or cyclic N) is 1. The smallest absolute Gasteiger partial charge is 0.410 e. The third-order valence-electron chi connectivity index (χ3n) is 5.04. The molecule has 0 bridgehead atoms. The number of anilines is 1. The maximum absolute atomic E-state index is 12.5. The van der Waals surface area contributed by atoms with Crippen LogP contribution in [0.3, 0.4) is 0 Å². The molecule has 0 aromatic carbocycles. The van der Waals surface area contributed by atoms with Gasteiger partial charge in [0, 0.05) is 38.9 Å². The van der Waals surface area contributed by atoms with Crippen molar-refractivity contribution in [2.45, 2.75) is 44.8 Å². The number of carbonyl (C=O) groups excluding carboxylic acids is 2. The molecule has 0 aliphatic carbocycles. The number of nitrogens with zero attached hydrogens (tertiary/aromatic N) is 5. The Morgan fingerprint density at radius 3 is 2.54 bits per heavy atom. The second kappa shape index (κ2) is 7.90. The highest BCUT2D eigenvalue weighted by atomic mass is 16.6. The van der Waals surface area contributed by atoms with Gasteiger partial charge in [-0.2, -0.15) is 0 Å². The number of carbonyl (C=O) groups is 2. The van der Waals surface area contributed by atoms with Crippen molar-refractivity contribution in [2.75, 3.05) is 44.2 Å². The summed E-state index contributed by atoms with van der Waals surface area (Å²) in [4.78, 5) is 38.0. The van der Waals surface area contributed by atoms with Gasteiger partial charge < -0.3 is 19.6 Å². The van der Waals surface area contributed by atoms with Gasteiger partial charge in [0.1, 0.15) is 24.3 Å². The summed E-state index contributed by atoms with van der Waals surface area (Å²) in [5.41, 5.74) is -1.52. The second-order valence-corrected chi connectivity index (χ2v) is 8.50. The Hall–Kier alpha value is -2.42.